The van der Waals surface area contributed by atoms with E-state index in [0.29, 0.717) is 12.6 Å². The van der Waals surface area contributed by atoms with E-state index < -0.39 is 0 Å². The Morgan fingerprint density at radius 2 is 1.95 bits per heavy atom. The Balaban J connectivity index is 1.83. The van der Waals surface area contributed by atoms with Crippen LogP contribution in [0, 0.1) is 5.82 Å². The molecule has 1 aromatic rings. The fourth-order valence-corrected chi connectivity index (χ4v) is 2.55. The fourth-order valence-electron chi connectivity index (χ4n) is 2.55. The monoisotopic (exact) mass is 306 g/mol. The van der Waals surface area contributed by atoms with Crippen LogP contribution >= 0.6 is 0 Å². The average Bonchev–Trinajstić information content (AvgIpc) is 3.34. The molecular weight excluding hydrogens is 279 g/mol. The van der Waals surface area contributed by atoms with E-state index in [1.165, 1.54) is 25.0 Å². The third kappa shape index (κ3) is 4.70. The Morgan fingerprint density at radius 3 is 2.50 bits per heavy atom. The number of halogens is 1. The number of guanidine groups is 1. The van der Waals surface area contributed by atoms with Crippen molar-refractivity contribution in [2.75, 3.05) is 27.7 Å². The van der Waals surface area contributed by atoms with Gasteiger partial charge >= 0.3 is 0 Å². The van der Waals surface area contributed by atoms with E-state index in [0.717, 1.165) is 24.1 Å². The fraction of sp³-hybridized carbons (Fsp3) is 0.588. The molecule has 5 heteroatoms. The highest BCUT2D eigenvalue weighted by Crippen LogP contribution is 2.26. The van der Waals surface area contributed by atoms with Crippen molar-refractivity contribution in [1.82, 2.24) is 15.1 Å². The minimum absolute atomic E-state index is 0.203. The lowest BCUT2D eigenvalue weighted by Crippen LogP contribution is -2.45. The molecule has 0 aliphatic heterocycles. The van der Waals surface area contributed by atoms with Crippen LogP contribution in [0.15, 0.2) is 29.3 Å². The zero-order valence-electron chi connectivity index (χ0n) is 14.0. The Morgan fingerprint density at radius 1 is 1.32 bits per heavy atom. The zero-order valence-corrected chi connectivity index (χ0v) is 14.0. The smallest absolute Gasteiger partial charge is 0.193 e. The summed E-state index contributed by atoms with van der Waals surface area (Å²) >= 11 is 0. The van der Waals surface area contributed by atoms with E-state index in [4.69, 9.17) is 0 Å². The molecule has 1 aliphatic rings. The van der Waals surface area contributed by atoms with Crippen LogP contribution in [0.4, 0.5) is 4.39 Å². The van der Waals surface area contributed by atoms with Crippen LogP contribution in [0.25, 0.3) is 0 Å². The molecule has 0 radical (unpaired) electrons. The Bertz CT molecular complexity index is 496. The van der Waals surface area contributed by atoms with E-state index in [-0.39, 0.29) is 5.82 Å². The van der Waals surface area contributed by atoms with Gasteiger partial charge in [-0.25, -0.2) is 4.39 Å². The maximum Gasteiger partial charge on any atom is 0.193 e. The maximum atomic E-state index is 13.0. The molecule has 1 N–H and O–H groups in total. The van der Waals surface area contributed by atoms with E-state index in [2.05, 4.69) is 34.1 Å². The summed E-state index contributed by atoms with van der Waals surface area (Å²) in [6, 6.07) is 7.84. The second-order valence-electron chi connectivity index (χ2n) is 6.16. The van der Waals surface area contributed by atoms with Crippen LogP contribution in [0.1, 0.15) is 25.3 Å². The number of nitrogens with one attached hydrogen (secondary N) is 1. The topological polar surface area (TPSA) is 30.9 Å². The van der Waals surface area contributed by atoms with E-state index in [1.54, 1.807) is 7.05 Å². The van der Waals surface area contributed by atoms with Crippen LogP contribution in [0.2, 0.25) is 0 Å². The molecule has 0 heterocycles. The number of likely N-dealkylation sites (N-methyl/N-ethyl adjacent to an activating group) is 1. The van der Waals surface area contributed by atoms with Crippen molar-refractivity contribution in [3.05, 3.63) is 35.6 Å². The first-order valence-corrected chi connectivity index (χ1v) is 7.89. The number of rotatable bonds is 6. The molecule has 4 nitrogen and oxygen atoms in total. The van der Waals surface area contributed by atoms with Crippen molar-refractivity contribution in [2.24, 2.45) is 4.99 Å². The normalized spacial score (nSPS) is 16.7. The molecule has 122 valence electrons. The van der Waals surface area contributed by atoms with Gasteiger partial charge in [0.25, 0.3) is 0 Å². The summed E-state index contributed by atoms with van der Waals surface area (Å²) in [6.07, 6.45) is 2.64. The molecule has 1 fully saturated rings. The maximum absolute atomic E-state index is 13.0. The SMILES string of the molecule is CN=C(NCC(C)N(C)C1CC1)N(C)Cc1ccc(F)cc1. The van der Waals surface area contributed by atoms with Gasteiger partial charge in [-0.15, -0.1) is 0 Å². The van der Waals surface area contributed by atoms with Crippen LogP contribution in [-0.2, 0) is 6.54 Å². The van der Waals surface area contributed by atoms with Crippen molar-refractivity contribution < 1.29 is 4.39 Å². The lowest BCUT2D eigenvalue weighted by atomic mass is 10.2. The molecular formula is C17H27FN4. The van der Waals surface area contributed by atoms with Crippen LogP contribution in [0.5, 0.6) is 0 Å². The van der Waals surface area contributed by atoms with E-state index in [9.17, 15) is 4.39 Å². The van der Waals surface area contributed by atoms with Gasteiger partial charge in [-0.2, -0.15) is 0 Å². The summed E-state index contributed by atoms with van der Waals surface area (Å²) in [5.74, 6) is 0.659. The molecule has 0 bridgehead atoms. The van der Waals surface area contributed by atoms with Gasteiger partial charge in [0.15, 0.2) is 5.96 Å². The summed E-state index contributed by atoms with van der Waals surface area (Å²) in [7, 11) is 5.97. The van der Waals surface area contributed by atoms with Gasteiger partial charge in [0.1, 0.15) is 5.82 Å². The Labute approximate surface area is 133 Å². The van der Waals surface area contributed by atoms with Gasteiger partial charge < -0.3 is 10.2 Å². The average molecular weight is 306 g/mol. The van der Waals surface area contributed by atoms with E-state index >= 15 is 0 Å². The molecule has 0 spiro atoms. The summed E-state index contributed by atoms with van der Waals surface area (Å²) in [5, 5.41) is 3.42. The molecule has 1 saturated carbocycles. The molecule has 1 atom stereocenters. The van der Waals surface area contributed by atoms with Gasteiger partial charge in [-0.3, -0.25) is 9.89 Å². The van der Waals surface area contributed by atoms with E-state index in [1.807, 2.05) is 19.2 Å². The van der Waals surface area contributed by atoms with Gasteiger partial charge in [-0.05, 0) is 44.5 Å². The largest absolute Gasteiger partial charge is 0.355 e. The standard InChI is InChI=1S/C17H27FN4/c1-13(22(4)16-9-10-16)11-20-17(19-2)21(3)12-14-5-7-15(18)8-6-14/h5-8,13,16H,9-12H2,1-4H3,(H,19,20). The van der Waals surface area contributed by atoms with Crippen molar-refractivity contribution >= 4 is 5.96 Å². The van der Waals surface area contributed by atoms with Gasteiger partial charge in [0.05, 0.1) is 0 Å². The highest BCUT2D eigenvalue weighted by Gasteiger charge is 2.29. The summed E-state index contributed by atoms with van der Waals surface area (Å²) in [6.45, 7) is 3.80. The Kier molecular flexibility index (Phi) is 5.77. The predicted molar refractivity (Wildman–Crippen MR) is 89.5 cm³/mol. The lowest BCUT2D eigenvalue weighted by Gasteiger charge is -2.28. The van der Waals surface area contributed by atoms with Crippen molar-refractivity contribution in [2.45, 2.75) is 38.4 Å². The number of hydrogen-bond donors (Lipinski definition) is 1. The summed E-state index contributed by atoms with van der Waals surface area (Å²) < 4.78 is 13.0. The van der Waals surface area contributed by atoms with Crippen LogP contribution in [0.3, 0.4) is 0 Å². The minimum atomic E-state index is -0.203. The lowest BCUT2D eigenvalue weighted by molar-refractivity contribution is 0.246. The van der Waals surface area contributed by atoms with Gasteiger partial charge in [0.2, 0.25) is 0 Å². The van der Waals surface area contributed by atoms with Crippen molar-refractivity contribution in [1.29, 1.82) is 0 Å². The van der Waals surface area contributed by atoms with Crippen LogP contribution < -0.4 is 5.32 Å². The highest BCUT2D eigenvalue weighted by molar-refractivity contribution is 5.79. The molecule has 1 aliphatic carbocycles. The third-order valence-electron chi connectivity index (χ3n) is 4.28. The van der Waals surface area contributed by atoms with Crippen LogP contribution in [-0.4, -0.2) is 55.5 Å². The molecule has 0 amide bonds. The van der Waals surface area contributed by atoms with Gasteiger partial charge in [-0.1, -0.05) is 12.1 Å². The molecule has 0 saturated heterocycles. The number of aliphatic imine (C=N–C) groups is 1. The minimum Gasteiger partial charge on any atom is -0.355 e. The number of benzene rings is 1. The molecule has 2 rings (SSSR count). The van der Waals surface area contributed by atoms with Gasteiger partial charge in [0, 0.05) is 39.3 Å². The second-order valence-corrected chi connectivity index (χ2v) is 6.16. The number of nitrogens with zero attached hydrogens (tertiary/aromatic N) is 3. The summed E-state index contributed by atoms with van der Waals surface area (Å²) in [5.41, 5.74) is 1.06. The first-order valence-electron chi connectivity index (χ1n) is 7.89. The number of hydrogen-bond acceptors (Lipinski definition) is 2. The predicted octanol–water partition coefficient (Wildman–Crippen LogP) is 2.32. The molecule has 1 aromatic carbocycles. The molecule has 22 heavy (non-hydrogen) atoms. The molecule has 1 unspecified atom stereocenters. The quantitative estimate of drug-likeness (QED) is 0.646. The van der Waals surface area contributed by atoms with Crippen molar-refractivity contribution in [3.8, 4) is 0 Å². The first kappa shape index (κ1) is 16.7. The first-order chi connectivity index (χ1) is 10.5. The molecule has 0 aromatic heterocycles. The Hall–Kier alpha value is -1.62. The summed E-state index contributed by atoms with van der Waals surface area (Å²) in [4.78, 5) is 8.82. The third-order valence-corrected chi connectivity index (χ3v) is 4.28. The zero-order chi connectivity index (χ0) is 16.1. The van der Waals surface area contributed by atoms with Crippen molar-refractivity contribution in [3.63, 3.8) is 0 Å². The second kappa shape index (κ2) is 7.58. The highest BCUT2D eigenvalue weighted by atomic mass is 19.1.